The van der Waals surface area contributed by atoms with Crippen molar-refractivity contribution in [2.45, 2.75) is 45.2 Å². The quantitative estimate of drug-likeness (QED) is 0.825. The van der Waals surface area contributed by atoms with E-state index < -0.39 is 0 Å². The number of hydrogen-bond donors (Lipinski definition) is 2. The van der Waals surface area contributed by atoms with Gasteiger partial charge >= 0.3 is 0 Å². The summed E-state index contributed by atoms with van der Waals surface area (Å²) in [7, 11) is 0. The van der Waals surface area contributed by atoms with Crippen LogP contribution in [0.3, 0.4) is 0 Å². The fourth-order valence-corrected chi connectivity index (χ4v) is 2.85. The number of para-hydroxylation sites is 1. The second kappa shape index (κ2) is 6.92. The van der Waals surface area contributed by atoms with Gasteiger partial charge in [-0.25, -0.2) is 0 Å². The molecule has 1 aliphatic rings. The van der Waals surface area contributed by atoms with E-state index in [0.717, 1.165) is 19.5 Å². The molecular formula is C16H26N2O. The van der Waals surface area contributed by atoms with E-state index in [0.29, 0.717) is 6.04 Å². The number of rotatable bonds is 6. The van der Waals surface area contributed by atoms with Crippen LogP contribution in [0.1, 0.15) is 32.3 Å². The van der Waals surface area contributed by atoms with Crippen molar-refractivity contribution < 1.29 is 5.11 Å². The zero-order chi connectivity index (χ0) is 13.7. The number of aliphatic hydroxyl groups is 1. The Labute approximate surface area is 116 Å². The number of nitrogens with one attached hydrogen (secondary N) is 1. The normalized spacial score (nSPS) is 16.5. The van der Waals surface area contributed by atoms with Crippen molar-refractivity contribution in [2.75, 3.05) is 24.6 Å². The maximum Gasteiger partial charge on any atom is 0.0585 e. The SMILES string of the molecule is CC(C)NC(CO)CCN1CCCc2ccccc21. The summed E-state index contributed by atoms with van der Waals surface area (Å²) in [4.78, 5) is 2.46. The number of benzene rings is 1. The number of fused-ring (bicyclic) bond motifs is 1. The van der Waals surface area contributed by atoms with E-state index in [2.05, 4.69) is 48.3 Å². The molecule has 0 spiro atoms. The number of aryl methyl sites for hydroxylation is 1. The van der Waals surface area contributed by atoms with Crippen LogP contribution in [0.15, 0.2) is 24.3 Å². The van der Waals surface area contributed by atoms with Gasteiger partial charge in [-0.05, 0) is 30.9 Å². The lowest BCUT2D eigenvalue weighted by Gasteiger charge is -2.32. The molecule has 0 aromatic heterocycles. The molecule has 106 valence electrons. The van der Waals surface area contributed by atoms with Crippen LogP contribution in [-0.4, -0.2) is 36.9 Å². The predicted octanol–water partition coefficient (Wildman–Crippen LogP) is 2.19. The summed E-state index contributed by atoms with van der Waals surface area (Å²) in [6.45, 7) is 6.62. The maximum absolute atomic E-state index is 9.42. The van der Waals surface area contributed by atoms with Crippen molar-refractivity contribution in [3.05, 3.63) is 29.8 Å². The number of anilines is 1. The average molecular weight is 262 g/mol. The summed E-state index contributed by atoms with van der Waals surface area (Å²) >= 11 is 0. The monoisotopic (exact) mass is 262 g/mol. The standard InChI is InChI=1S/C16H26N2O/c1-13(2)17-15(12-19)9-11-18-10-5-7-14-6-3-4-8-16(14)18/h3-4,6,8,13,15,17,19H,5,7,9-12H2,1-2H3. The highest BCUT2D eigenvalue weighted by molar-refractivity contribution is 5.55. The largest absolute Gasteiger partial charge is 0.395 e. The van der Waals surface area contributed by atoms with E-state index in [1.54, 1.807) is 0 Å². The van der Waals surface area contributed by atoms with Crippen LogP contribution in [0.5, 0.6) is 0 Å². The molecule has 0 radical (unpaired) electrons. The first kappa shape index (κ1) is 14.4. The van der Waals surface area contributed by atoms with E-state index in [1.807, 2.05) is 0 Å². The summed E-state index contributed by atoms with van der Waals surface area (Å²) in [6, 6.07) is 9.32. The van der Waals surface area contributed by atoms with E-state index >= 15 is 0 Å². The minimum absolute atomic E-state index is 0.203. The van der Waals surface area contributed by atoms with Crippen LogP contribution in [0.4, 0.5) is 5.69 Å². The molecule has 1 aromatic carbocycles. The molecule has 3 nitrogen and oxygen atoms in total. The molecule has 1 aromatic rings. The predicted molar refractivity (Wildman–Crippen MR) is 80.7 cm³/mol. The highest BCUT2D eigenvalue weighted by Crippen LogP contribution is 2.26. The minimum Gasteiger partial charge on any atom is -0.395 e. The zero-order valence-electron chi connectivity index (χ0n) is 12.1. The molecule has 3 heteroatoms. The molecule has 0 aliphatic carbocycles. The summed E-state index contributed by atoms with van der Waals surface area (Å²) in [5.41, 5.74) is 2.85. The van der Waals surface area contributed by atoms with Crippen LogP contribution in [0.25, 0.3) is 0 Å². The van der Waals surface area contributed by atoms with E-state index in [9.17, 15) is 5.11 Å². The summed E-state index contributed by atoms with van der Waals surface area (Å²) in [5.74, 6) is 0. The Morgan fingerprint density at radius 3 is 2.84 bits per heavy atom. The van der Waals surface area contributed by atoms with E-state index in [-0.39, 0.29) is 12.6 Å². The molecule has 19 heavy (non-hydrogen) atoms. The van der Waals surface area contributed by atoms with Crippen LogP contribution < -0.4 is 10.2 Å². The fourth-order valence-electron chi connectivity index (χ4n) is 2.85. The second-order valence-electron chi connectivity index (χ2n) is 5.71. The van der Waals surface area contributed by atoms with Crippen molar-refractivity contribution in [3.8, 4) is 0 Å². The molecule has 0 fully saturated rings. The summed E-state index contributed by atoms with van der Waals surface area (Å²) < 4.78 is 0. The lowest BCUT2D eigenvalue weighted by atomic mass is 10.0. The first-order valence-electron chi connectivity index (χ1n) is 7.40. The molecule has 2 rings (SSSR count). The van der Waals surface area contributed by atoms with Gasteiger partial charge in [0, 0.05) is 30.9 Å². The third-order valence-corrected chi connectivity index (χ3v) is 3.74. The van der Waals surface area contributed by atoms with E-state index in [4.69, 9.17) is 0 Å². The van der Waals surface area contributed by atoms with Crippen molar-refractivity contribution in [1.29, 1.82) is 0 Å². The fraction of sp³-hybridized carbons (Fsp3) is 0.625. The van der Waals surface area contributed by atoms with Gasteiger partial charge in [-0.2, -0.15) is 0 Å². The van der Waals surface area contributed by atoms with Crippen molar-refractivity contribution in [1.82, 2.24) is 5.32 Å². The van der Waals surface area contributed by atoms with Gasteiger partial charge in [-0.15, -0.1) is 0 Å². The Balaban J connectivity index is 1.93. The molecular weight excluding hydrogens is 236 g/mol. The van der Waals surface area contributed by atoms with Crippen LogP contribution in [-0.2, 0) is 6.42 Å². The van der Waals surface area contributed by atoms with Crippen LogP contribution in [0, 0.1) is 0 Å². The molecule has 1 heterocycles. The lowest BCUT2D eigenvalue weighted by Crippen LogP contribution is -2.41. The molecule has 0 bridgehead atoms. The zero-order valence-corrected chi connectivity index (χ0v) is 12.1. The van der Waals surface area contributed by atoms with Gasteiger partial charge in [-0.1, -0.05) is 32.0 Å². The molecule has 1 atom stereocenters. The Bertz CT molecular complexity index is 392. The third-order valence-electron chi connectivity index (χ3n) is 3.74. The number of nitrogens with zero attached hydrogens (tertiary/aromatic N) is 1. The van der Waals surface area contributed by atoms with Gasteiger partial charge in [0.1, 0.15) is 0 Å². The summed E-state index contributed by atoms with van der Waals surface area (Å²) in [6.07, 6.45) is 3.42. The van der Waals surface area contributed by atoms with Gasteiger partial charge in [0.25, 0.3) is 0 Å². The van der Waals surface area contributed by atoms with Crippen LogP contribution in [0.2, 0.25) is 0 Å². The van der Waals surface area contributed by atoms with Gasteiger partial charge in [0.05, 0.1) is 6.61 Å². The molecule has 1 unspecified atom stereocenters. The van der Waals surface area contributed by atoms with Crippen molar-refractivity contribution in [3.63, 3.8) is 0 Å². The third kappa shape index (κ3) is 3.95. The smallest absolute Gasteiger partial charge is 0.0585 e. The Kier molecular flexibility index (Phi) is 5.23. The molecule has 2 N–H and O–H groups in total. The van der Waals surface area contributed by atoms with E-state index in [1.165, 1.54) is 24.1 Å². The molecule has 0 saturated carbocycles. The van der Waals surface area contributed by atoms with Gasteiger partial charge in [0.15, 0.2) is 0 Å². The lowest BCUT2D eigenvalue weighted by molar-refractivity contribution is 0.229. The maximum atomic E-state index is 9.42. The highest BCUT2D eigenvalue weighted by atomic mass is 16.3. The van der Waals surface area contributed by atoms with Gasteiger partial charge < -0.3 is 15.3 Å². The molecule has 1 aliphatic heterocycles. The van der Waals surface area contributed by atoms with Crippen molar-refractivity contribution in [2.24, 2.45) is 0 Å². The van der Waals surface area contributed by atoms with Crippen molar-refractivity contribution >= 4 is 5.69 Å². The summed E-state index contributed by atoms with van der Waals surface area (Å²) in [5, 5.41) is 12.8. The van der Waals surface area contributed by atoms with Gasteiger partial charge in [-0.3, -0.25) is 0 Å². The second-order valence-corrected chi connectivity index (χ2v) is 5.71. The Morgan fingerprint density at radius 2 is 2.11 bits per heavy atom. The van der Waals surface area contributed by atoms with Crippen LogP contribution >= 0.6 is 0 Å². The number of aliphatic hydroxyl groups excluding tert-OH is 1. The van der Waals surface area contributed by atoms with Gasteiger partial charge in [0.2, 0.25) is 0 Å². The first-order valence-corrected chi connectivity index (χ1v) is 7.40. The Hall–Kier alpha value is -1.06. The molecule has 0 saturated heterocycles. The highest BCUT2D eigenvalue weighted by Gasteiger charge is 2.17. The Morgan fingerprint density at radius 1 is 1.32 bits per heavy atom. The number of hydrogen-bond acceptors (Lipinski definition) is 3. The minimum atomic E-state index is 0.203. The average Bonchev–Trinajstić information content (AvgIpc) is 2.43. The topological polar surface area (TPSA) is 35.5 Å². The first-order chi connectivity index (χ1) is 9.20. The molecule has 0 amide bonds.